The predicted molar refractivity (Wildman–Crippen MR) is 98.6 cm³/mol. The van der Waals surface area contributed by atoms with Crippen LogP contribution >= 0.6 is 0 Å². The highest BCUT2D eigenvalue weighted by Gasteiger charge is 2.23. The number of rotatable bonds is 4. The summed E-state index contributed by atoms with van der Waals surface area (Å²) in [6.07, 6.45) is 7.21. The van der Waals surface area contributed by atoms with Gasteiger partial charge in [0.2, 0.25) is 0 Å². The molecule has 0 radical (unpaired) electrons. The van der Waals surface area contributed by atoms with Crippen molar-refractivity contribution in [3.8, 4) is 0 Å². The molecular weight excluding hydrogens is 298 g/mol. The zero-order valence-electron chi connectivity index (χ0n) is 14.5. The minimum absolute atomic E-state index is 0.638. The first kappa shape index (κ1) is 16.1. The van der Waals surface area contributed by atoms with Crippen LogP contribution in [0.5, 0.6) is 0 Å². The Hall–Kier alpha value is -1.36. The number of hydrogen-bond acceptors (Lipinski definition) is 3. The van der Waals surface area contributed by atoms with Gasteiger partial charge in [-0.3, -0.25) is 0 Å². The Balaban J connectivity index is 1.29. The van der Waals surface area contributed by atoms with Gasteiger partial charge in [-0.25, -0.2) is 0 Å². The topological polar surface area (TPSA) is 40.3 Å². The maximum absolute atomic E-state index is 5.53. The molecule has 130 valence electrons. The fourth-order valence-electron chi connectivity index (χ4n) is 4.25. The molecule has 0 amide bonds. The standard InChI is InChI=1S/C20H29N3O/c1-2-4-20-18(3-1)19(15-22-20)16-5-10-23(11-6-16)12-7-17-8-13-24-14-9-21-17/h1-4,15-17,21-22H,5-14H2. The van der Waals surface area contributed by atoms with Gasteiger partial charge in [-0.1, -0.05) is 18.2 Å². The first-order chi connectivity index (χ1) is 11.9. The van der Waals surface area contributed by atoms with Gasteiger partial charge in [0.05, 0.1) is 6.61 Å². The number of likely N-dealkylation sites (tertiary alicyclic amines) is 1. The fraction of sp³-hybridized carbons (Fsp3) is 0.600. The molecule has 2 aliphatic heterocycles. The van der Waals surface area contributed by atoms with Gasteiger partial charge in [0.25, 0.3) is 0 Å². The van der Waals surface area contributed by atoms with E-state index in [9.17, 15) is 0 Å². The molecular formula is C20H29N3O. The van der Waals surface area contributed by atoms with Gasteiger partial charge < -0.3 is 19.9 Å². The number of ether oxygens (including phenoxy) is 1. The predicted octanol–water partition coefficient (Wildman–Crippen LogP) is 3.12. The Morgan fingerprint density at radius 2 is 1.96 bits per heavy atom. The molecule has 24 heavy (non-hydrogen) atoms. The van der Waals surface area contributed by atoms with Crippen molar-refractivity contribution >= 4 is 10.9 Å². The van der Waals surface area contributed by atoms with Gasteiger partial charge in [0, 0.05) is 36.3 Å². The average molecular weight is 327 g/mol. The lowest BCUT2D eigenvalue weighted by molar-refractivity contribution is 0.148. The molecule has 4 rings (SSSR count). The first-order valence-electron chi connectivity index (χ1n) is 9.49. The summed E-state index contributed by atoms with van der Waals surface area (Å²) in [5.41, 5.74) is 2.80. The highest BCUT2D eigenvalue weighted by molar-refractivity contribution is 5.83. The molecule has 4 heteroatoms. The Morgan fingerprint density at radius 3 is 2.88 bits per heavy atom. The van der Waals surface area contributed by atoms with E-state index in [4.69, 9.17) is 4.74 Å². The maximum Gasteiger partial charge on any atom is 0.0591 e. The van der Waals surface area contributed by atoms with Crippen LogP contribution in [0.4, 0.5) is 0 Å². The SMILES string of the molecule is c1ccc2c(C3CCN(CCC4CCOCCN4)CC3)c[nH]c2c1. The zero-order chi connectivity index (χ0) is 16.2. The molecule has 2 aromatic rings. The first-order valence-corrected chi connectivity index (χ1v) is 9.49. The van der Waals surface area contributed by atoms with E-state index in [0.29, 0.717) is 12.0 Å². The largest absolute Gasteiger partial charge is 0.380 e. The lowest BCUT2D eigenvalue weighted by Crippen LogP contribution is -2.38. The molecule has 1 unspecified atom stereocenters. The van der Waals surface area contributed by atoms with Gasteiger partial charge in [-0.05, 0) is 62.9 Å². The number of benzene rings is 1. The normalized spacial score (nSPS) is 24.2. The molecule has 1 atom stereocenters. The molecule has 0 spiro atoms. The van der Waals surface area contributed by atoms with Crippen LogP contribution in [0.2, 0.25) is 0 Å². The van der Waals surface area contributed by atoms with E-state index in [1.165, 1.54) is 55.4 Å². The van der Waals surface area contributed by atoms with E-state index in [-0.39, 0.29) is 0 Å². The maximum atomic E-state index is 5.53. The smallest absolute Gasteiger partial charge is 0.0591 e. The fourth-order valence-corrected chi connectivity index (χ4v) is 4.25. The van der Waals surface area contributed by atoms with E-state index in [2.05, 4.69) is 45.7 Å². The van der Waals surface area contributed by atoms with E-state index < -0.39 is 0 Å². The average Bonchev–Trinajstić information content (AvgIpc) is 2.88. The molecule has 1 aromatic carbocycles. The summed E-state index contributed by atoms with van der Waals surface area (Å²) < 4.78 is 5.53. The number of piperidine rings is 1. The molecule has 3 heterocycles. The van der Waals surface area contributed by atoms with Crippen LogP contribution in [0.25, 0.3) is 10.9 Å². The Morgan fingerprint density at radius 1 is 1.08 bits per heavy atom. The number of aromatic nitrogens is 1. The third-order valence-corrected chi connectivity index (χ3v) is 5.73. The summed E-state index contributed by atoms with van der Waals surface area (Å²) in [4.78, 5) is 6.09. The highest BCUT2D eigenvalue weighted by Crippen LogP contribution is 2.33. The number of fused-ring (bicyclic) bond motifs is 1. The summed E-state index contributed by atoms with van der Waals surface area (Å²) in [5, 5.41) is 5.03. The van der Waals surface area contributed by atoms with Crippen molar-refractivity contribution in [2.75, 3.05) is 39.4 Å². The second-order valence-corrected chi connectivity index (χ2v) is 7.25. The van der Waals surface area contributed by atoms with Gasteiger partial charge in [0.1, 0.15) is 0 Å². The molecule has 0 saturated carbocycles. The Kier molecular flexibility index (Phi) is 5.16. The van der Waals surface area contributed by atoms with Crippen LogP contribution in [-0.2, 0) is 4.74 Å². The number of hydrogen-bond donors (Lipinski definition) is 2. The second kappa shape index (κ2) is 7.68. The van der Waals surface area contributed by atoms with Crippen molar-refractivity contribution in [2.45, 2.75) is 37.6 Å². The molecule has 0 aliphatic carbocycles. The summed E-state index contributed by atoms with van der Waals surface area (Å²) in [5.74, 6) is 0.710. The van der Waals surface area contributed by atoms with Crippen molar-refractivity contribution < 1.29 is 4.74 Å². The third-order valence-electron chi connectivity index (χ3n) is 5.73. The van der Waals surface area contributed by atoms with Crippen LogP contribution in [-0.4, -0.2) is 55.3 Å². The second-order valence-electron chi connectivity index (χ2n) is 7.25. The van der Waals surface area contributed by atoms with Gasteiger partial charge in [-0.2, -0.15) is 0 Å². The van der Waals surface area contributed by atoms with Crippen LogP contribution in [0.1, 0.15) is 37.2 Å². The van der Waals surface area contributed by atoms with Crippen molar-refractivity contribution in [1.82, 2.24) is 15.2 Å². The summed E-state index contributed by atoms with van der Waals surface area (Å²) in [6, 6.07) is 9.33. The quantitative estimate of drug-likeness (QED) is 0.906. The summed E-state index contributed by atoms with van der Waals surface area (Å²) >= 11 is 0. The number of nitrogens with one attached hydrogen (secondary N) is 2. The van der Waals surface area contributed by atoms with Gasteiger partial charge in [0.15, 0.2) is 0 Å². The molecule has 1 aromatic heterocycles. The zero-order valence-corrected chi connectivity index (χ0v) is 14.5. The Labute approximate surface area is 144 Å². The number of H-pyrrole nitrogens is 1. The monoisotopic (exact) mass is 327 g/mol. The lowest BCUT2D eigenvalue weighted by atomic mass is 9.89. The molecule has 2 fully saturated rings. The van der Waals surface area contributed by atoms with E-state index in [1.807, 2.05) is 0 Å². The number of nitrogens with zero attached hydrogens (tertiary/aromatic N) is 1. The molecule has 2 N–H and O–H groups in total. The summed E-state index contributed by atoms with van der Waals surface area (Å²) in [6.45, 7) is 6.47. The van der Waals surface area contributed by atoms with Crippen molar-refractivity contribution in [3.63, 3.8) is 0 Å². The van der Waals surface area contributed by atoms with E-state index in [0.717, 1.165) is 26.2 Å². The number of para-hydroxylation sites is 1. The van der Waals surface area contributed by atoms with Crippen molar-refractivity contribution in [2.24, 2.45) is 0 Å². The Bertz CT molecular complexity index is 637. The number of aromatic amines is 1. The minimum atomic E-state index is 0.638. The minimum Gasteiger partial charge on any atom is -0.380 e. The molecule has 2 saturated heterocycles. The molecule has 0 bridgehead atoms. The van der Waals surface area contributed by atoms with Crippen LogP contribution < -0.4 is 5.32 Å². The molecule has 2 aliphatic rings. The van der Waals surface area contributed by atoms with Crippen LogP contribution in [0, 0.1) is 0 Å². The van der Waals surface area contributed by atoms with E-state index >= 15 is 0 Å². The third kappa shape index (κ3) is 3.66. The summed E-state index contributed by atoms with van der Waals surface area (Å²) in [7, 11) is 0. The molecule has 4 nitrogen and oxygen atoms in total. The van der Waals surface area contributed by atoms with Gasteiger partial charge in [-0.15, -0.1) is 0 Å². The van der Waals surface area contributed by atoms with E-state index in [1.54, 1.807) is 0 Å². The van der Waals surface area contributed by atoms with Crippen LogP contribution in [0.3, 0.4) is 0 Å². The van der Waals surface area contributed by atoms with Gasteiger partial charge >= 0.3 is 0 Å². The van der Waals surface area contributed by atoms with Crippen molar-refractivity contribution in [3.05, 3.63) is 36.0 Å². The highest BCUT2D eigenvalue weighted by atomic mass is 16.5. The van der Waals surface area contributed by atoms with Crippen molar-refractivity contribution in [1.29, 1.82) is 0 Å². The lowest BCUT2D eigenvalue weighted by Gasteiger charge is -2.32. The van der Waals surface area contributed by atoms with Crippen LogP contribution in [0.15, 0.2) is 30.5 Å².